The number of carbonyl (C=O) groups excluding carboxylic acids is 1. The maximum Gasteiger partial charge on any atom is 0.264 e. The lowest BCUT2D eigenvalue weighted by molar-refractivity contribution is 0.0771. The molecule has 9 heteroatoms. The molecule has 37 heavy (non-hydrogen) atoms. The zero-order chi connectivity index (χ0) is 26.2. The second-order valence-electron chi connectivity index (χ2n) is 9.87. The molecule has 0 spiro atoms. The van der Waals surface area contributed by atoms with Gasteiger partial charge in [0, 0.05) is 41.7 Å². The summed E-state index contributed by atoms with van der Waals surface area (Å²) in [5.74, 6) is -0.625. The van der Waals surface area contributed by atoms with Crippen molar-refractivity contribution in [2.45, 2.75) is 25.8 Å². The number of nitrogens with zero attached hydrogens (tertiary/aromatic N) is 4. The summed E-state index contributed by atoms with van der Waals surface area (Å²) in [6, 6.07) is 14.1. The molecule has 0 bridgehead atoms. The first-order valence-electron chi connectivity index (χ1n) is 12.3. The summed E-state index contributed by atoms with van der Waals surface area (Å²) in [7, 11) is 0. The van der Waals surface area contributed by atoms with Crippen LogP contribution in [-0.2, 0) is 5.54 Å². The zero-order valence-electron chi connectivity index (χ0n) is 20.8. The SMILES string of the molecule is CC(C)(CO)n1cc2cc(-c3sc(C(=O)N4CCCNCC4)cc3-c3ccc(C#N)c(F)c3)ccc2n1. The number of amides is 1. The van der Waals surface area contributed by atoms with E-state index in [4.69, 9.17) is 5.26 Å². The monoisotopic (exact) mass is 517 g/mol. The third kappa shape index (κ3) is 4.88. The standard InChI is InChI=1S/C28H28FN5O2S/c1-28(2,17-35)34-16-21-12-19(6-7-24(21)32-34)26-22(18-4-5-20(15-30)23(29)13-18)14-25(37-26)27(36)33-10-3-8-31-9-11-33/h4-7,12-14,16,31,35H,3,8-11,17H2,1-2H3. The van der Waals surface area contributed by atoms with Gasteiger partial charge in [-0.2, -0.15) is 10.4 Å². The van der Waals surface area contributed by atoms with Crippen molar-refractivity contribution in [2.24, 2.45) is 0 Å². The van der Waals surface area contributed by atoms with Crippen LogP contribution in [0.1, 0.15) is 35.5 Å². The number of aliphatic hydroxyl groups is 1. The molecule has 0 saturated carbocycles. The quantitative estimate of drug-likeness (QED) is 0.403. The first-order chi connectivity index (χ1) is 17.8. The van der Waals surface area contributed by atoms with Gasteiger partial charge in [-0.25, -0.2) is 4.39 Å². The fourth-order valence-corrected chi connectivity index (χ4v) is 5.60. The van der Waals surface area contributed by atoms with E-state index in [9.17, 15) is 14.3 Å². The van der Waals surface area contributed by atoms with E-state index in [-0.39, 0.29) is 18.1 Å². The smallest absolute Gasteiger partial charge is 0.264 e. The van der Waals surface area contributed by atoms with E-state index >= 15 is 0 Å². The fraction of sp³-hybridized carbons (Fsp3) is 0.321. The molecule has 2 aromatic carbocycles. The van der Waals surface area contributed by atoms with E-state index in [0.717, 1.165) is 46.4 Å². The maximum absolute atomic E-state index is 14.6. The molecule has 2 aromatic heterocycles. The molecule has 0 atom stereocenters. The van der Waals surface area contributed by atoms with Crippen molar-refractivity contribution >= 4 is 28.1 Å². The summed E-state index contributed by atoms with van der Waals surface area (Å²) in [6.45, 7) is 6.73. The fourth-order valence-electron chi connectivity index (χ4n) is 4.45. The van der Waals surface area contributed by atoms with Crippen molar-refractivity contribution in [1.82, 2.24) is 20.0 Å². The van der Waals surface area contributed by atoms with Crippen LogP contribution >= 0.6 is 11.3 Å². The maximum atomic E-state index is 14.6. The number of carbonyl (C=O) groups is 1. The number of benzene rings is 2. The van der Waals surface area contributed by atoms with Gasteiger partial charge in [-0.05, 0) is 68.3 Å². The molecule has 1 saturated heterocycles. The molecular formula is C28H28FN5O2S. The van der Waals surface area contributed by atoms with Crippen molar-refractivity contribution in [3.05, 3.63) is 64.9 Å². The topological polar surface area (TPSA) is 94.2 Å². The Morgan fingerprint density at radius 3 is 2.76 bits per heavy atom. The number of rotatable bonds is 5. The van der Waals surface area contributed by atoms with Gasteiger partial charge in [-0.15, -0.1) is 11.3 Å². The lowest BCUT2D eigenvalue weighted by Gasteiger charge is -2.21. The summed E-state index contributed by atoms with van der Waals surface area (Å²) in [5.41, 5.74) is 2.46. The van der Waals surface area contributed by atoms with Crippen LogP contribution in [-0.4, -0.2) is 58.5 Å². The Morgan fingerprint density at radius 2 is 2.00 bits per heavy atom. The Labute approximate surface area is 218 Å². The molecular weight excluding hydrogens is 489 g/mol. The largest absolute Gasteiger partial charge is 0.394 e. The van der Waals surface area contributed by atoms with E-state index in [1.807, 2.05) is 55.3 Å². The molecule has 0 radical (unpaired) electrons. The molecule has 2 N–H and O–H groups in total. The number of halogens is 1. The highest BCUT2D eigenvalue weighted by Crippen LogP contribution is 2.41. The number of nitriles is 1. The van der Waals surface area contributed by atoms with E-state index < -0.39 is 11.4 Å². The minimum atomic E-state index is -0.591. The molecule has 5 rings (SSSR count). The molecule has 4 aromatic rings. The van der Waals surface area contributed by atoms with Gasteiger partial charge in [0.1, 0.15) is 11.9 Å². The highest BCUT2D eigenvalue weighted by Gasteiger charge is 2.24. The molecule has 0 aliphatic carbocycles. The predicted octanol–water partition coefficient (Wildman–Crippen LogP) is 4.61. The lowest BCUT2D eigenvalue weighted by atomic mass is 10.00. The van der Waals surface area contributed by atoms with Crippen LogP contribution in [0.3, 0.4) is 0 Å². The van der Waals surface area contributed by atoms with E-state index in [1.165, 1.54) is 23.5 Å². The number of hydrogen-bond acceptors (Lipinski definition) is 6. The van der Waals surface area contributed by atoms with Crippen molar-refractivity contribution in [2.75, 3.05) is 32.8 Å². The van der Waals surface area contributed by atoms with Crippen LogP contribution in [0.4, 0.5) is 4.39 Å². The number of aliphatic hydroxyl groups excluding tert-OH is 1. The molecule has 1 aliphatic heterocycles. The molecule has 0 unspecified atom stereocenters. The number of fused-ring (bicyclic) bond motifs is 1. The summed E-state index contributed by atoms with van der Waals surface area (Å²) in [6.07, 6.45) is 2.79. The Kier molecular flexibility index (Phi) is 6.82. The van der Waals surface area contributed by atoms with Gasteiger partial charge >= 0.3 is 0 Å². The van der Waals surface area contributed by atoms with Crippen LogP contribution in [0, 0.1) is 17.1 Å². The summed E-state index contributed by atoms with van der Waals surface area (Å²) in [4.78, 5) is 16.8. The van der Waals surface area contributed by atoms with Crippen LogP contribution < -0.4 is 5.32 Å². The van der Waals surface area contributed by atoms with Gasteiger partial charge in [0.25, 0.3) is 5.91 Å². The molecule has 1 amide bonds. The highest BCUT2D eigenvalue weighted by atomic mass is 32.1. The minimum Gasteiger partial charge on any atom is -0.394 e. The van der Waals surface area contributed by atoms with E-state index in [2.05, 4.69) is 10.4 Å². The Hall–Kier alpha value is -3.58. The number of nitrogens with one attached hydrogen (secondary N) is 1. The van der Waals surface area contributed by atoms with Crippen molar-refractivity contribution in [3.63, 3.8) is 0 Å². The molecule has 1 aliphatic rings. The number of thiophene rings is 1. The lowest BCUT2D eigenvalue weighted by Crippen LogP contribution is -2.33. The summed E-state index contributed by atoms with van der Waals surface area (Å²) < 4.78 is 16.4. The van der Waals surface area contributed by atoms with E-state index in [0.29, 0.717) is 23.5 Å². The van der Waals surface area contributed by atoms with Gasteiger partial charge in [-0.1, -0.05) is 12.1 Å². The third-order valence-corrected chi connectivity index (χ3v) is 7.92. The van der Waals surface area contributed by atoms with Gasteiger partial charge in [0.05, 0.1) is 28.1 Å². The summed E-state index contributed by atoms with van der Waals surface area (Å²) >= 11 is 1.39. The molecule has 190 valence electrons. The molecule has 3 heterocycles. The van der Waals surface area contributed by atoms with Gasteiger partial charge < -0.3 is 15.3 Å². The number of hydrogen-bond donors (Lipinski definition) is 2. The first-order valence-corrected chi connectivity index (χ1v) is 13.1. The van der Waals surface area contributed by atoms with Crippen molar-refractivity contribution in [1.29, 1.82) is 5.26 Å². The van der Waals surface area contributed by atoms with Gasteiger partial charge in [0.15, 0.2) is 0 Å². The third-order valence-electron chi connectivity index (χ3n) is 6.74. The van der Waals surface area contributed by atoms with Crippen LogP contribution in [0.15, 0.2) is 48.7 Å². The highest BCUT2D eigenvalue weighted by molar-refractivity contribution is 7.18. The van der Waals surface area contributed by atoms with Crippen LogP contribution in [0.25, 0.3) is 32.5 Å². The van der Waals surface area contributed by atoms with Crippen LogP contribution in [0.2, 0.25) is 0 Å². The Balaban J connectivity index is 1.62. The second kappa shape index (κ2) is 10.1. The molecule has 7 nitrogen and oxygen atoms in total. The van der Waals surface area contributed by atoms with Crippen molar-refractivity contribution < 1.29 is 14.3 Å². The average molecular weight is 518 g/mol. The van der Waals surface area contributed by atoms with Crippen LogP contribution in [0.5, 0.6) is 0 Å². The molecule has 1 fully saturated rings. The van der Waals surface area contributed by atoms with E-state index in [1.54, 1.807) is 10.7 Å². The predicted molar refractivity (Wildman–Crippen MR) is 143 cm³/mol. The Bertz CT molecular complexity index is 1510. The minimum absolute atomic E-state index is 0.0192. The Morgan fingerprint density at radius 1 is 1.19 bits per heavy atom. The summed E-state index contributed by atoms with van der Waals surface area (Å²) in [5, 5.41) is 27.8. The second-order valence-corrected chi connectivity index (χ2v) is 10.9. The normalized spacial score (nSPS) is 14.5. The van der Waals surface area contributed by atoms with Crippen molar-refractivity contribution in [3.8, 4) is 27.6 Å². The average Bonchev–Trinajstić information content (AvgIpc) is 3.44. The first kappa shape index (κ1) is 25.1. The number of aromatic nitrogens is 2. The zero-order valence-corrected chi connectivity index (χ0v) is 21.6. The van der Waals surface area contributed by atoms with Gasteiger partial charge in [0.2, 0.25) is 0 Å². The van der Waals surface area contributed by atoms with Gasteiger partial charge in [-0.3, -0.25) is 9.48 Å².